The van der Waals surface area contributed by atoms with Crippen LogP contribution in [0.5, 0.6) is 0 Å². The maximum atomic E-state index is 11.8. The standard InChI is InChI=1S/C11H12N4O4/c16-11(19-8-9-4-2-1-3-5-9)14-7-6-12-10(14)13-15(17)18/h1-5H,6-8H2,(H,12,13). The first-order chi connectivity index (χ1) is 9.16. The highest BCUT2D eigenvalue weighted by Gasteiger charge is 2.28. The number of guanidine groups is 1. The molecule has 1 heterocycles. The molecule has 0 spiro atoms. The van der Waals surface area contributed by atoms with Crippen LogP contribution in [0, 0.1) is 10.1 Å². The van der Waals surface area contributed by atoms with Crippen LogP contribution in [0.2, 0.25) is 0 Å². The van der Waals surface area contributed by atoms with Gasteiger partial charge in [-0.1, -0.05) is 30.3 Å². The summed E-state index contributed by atoms with van der Waals surface area (Å²) in [6.45, 7) is 0.815. The van der Waals surface area contributed by atoms with E-state index in [0.29, 0.717) is 13.1 Å². The monoisotopic (exact) mass is 264 g/mol. The number of hydrazone groups is 1. The van der Waals surface area contributed by atoms with Crippen LogP contribution in [0.4, 0.5) is 4.79 Å². The molecule has 0 aliphatic carbocycles. The number of carbonyl (C=O) groups excluding carboxylic acids is 1. The van der Waals surface area contributed by atoms with Gasteiger partial charge in [0.1, 0.15) is 11.7 Å². The van der Waals surface area contributed by atoms with Crippen molar-refractivity contribution in [1.29, 1.82) is 0 Å². The highest BCUT2D eigenvalue weighted by Crippen LogP contribution is 2.05. The van der Waals surface area contributed by atoms with Crippen molar-refractivity contribution in [1.82, 2.24) is 10.2 Å². The number of ether oxygens (including phenoxy) is 1. The number of rotatable bonds is 3. The third kappa shape index (κ3) is 3.41. The van der Waals surface area contributed by atoms with Crippen molar-refractivity contribution in [3.8, 4) is 0 Å². The van der Waals surface area contributed by atoms with Crippen LogP contribution >= 0.6 is 0 Å². The first-order valence-electron chi connectivity index (χ1n) is 5.62. The third-order valence-corrected chi connectivity index (χ3v) is 2.48. The van der Waals surface area contributed by atoms with Gasteiger partial charge in [-0.2, -0.15) is 0 Å². The molecule has 0 radical (unpaired) electrons. The number of hydrogen-bond acceptors (Lipinski definition) is 4. The quantitative estimate of drug-likeness (QED) is 0.642. The number of nitro groups is 1. The molecule has 1 aromatic rings. The number of nitrogens with one attached hydrogen (secondary N) is 1. The minimum absolute atomic E-state index is 0.0944. The molecule has 0 atom stereocenters. The molecule has 0 unspecified atom stereocenters. The van der Waals surface area contributed by atoms with E-state index in [4.69, 9.17) is 4.74 Å². The van der Waals surface area contributed by atoms with E-state index < -0.39 is 11.1 Å². The largest absolute Gasteiger partial charge is 0.444 e. The normalized spacial score (nSPS) is 16.2. The Hall–Kier alpha value is -2.64. The van der Waals surface area contributed by atoms with E-state index in [9.17, 15) is 14.9 Å². The van der Waals surface area contributed by atoms with Crippen LogP contribution in [-0.2, 0) is 11.3 Å². The Morgan fingerprint density at radius 3 is 2.89 bits per heavy atom. The minimum Gasteiger partial charge on any atom is -0.444 e. The zero-order valence-electron chi connectivity index (χ0n) is 9.98. The molecule has 0 aromatic heterocycles. The fourth-order valence-corrected chi connectivity index (χ4v) is 1.62. The van der Waals surface area contributed by atoms with Gasteiger partial charge >= 0.3 is 6.09 Å². The van der Waals surface area contributed by atoms with Crippen LogP contribution in [0.25, 0.3) is 0 Å². The number of nitrogens with zero attached hydrogens (tertiary/aromatic N) is 3. The maximum Gasteiger partial charge on any atom is 0.417 e. The van der Waals surface area contributed by atoms with Gasteiger partial charge in [-0.15, -0.1) is 0 Å². The van der Waals surface area contributed by atoms with Crippen molar-refractivity contribution < 1.29 is 14.6 Å². The van der Waals surface area contributed by atoms with Gasteiger partial charge in [0.05, 0.1) is 0 Å². The second kappa shape index (κ2) is 5.80. The minimum atomic E-state index is -0.856. The van der Waals surface area contributed by atoms with Crippen LogP contribution in [0.1, 0.15) is 5.56 Å². The molecule has 0 bridgehead atoms. The third-order valence-electron chi connectivity index (χ3n) is 2.48. The van der Waals surface area contributed by atoms with E-state index in [1.54, 1.807) is 0 Å². The molecule has 8 heteroatoms. The summed E-state index contributed by atoms with van der Waals surface area (Å²) >= 11 is 0. The van der Waals surface area contributed by atoms with Gasteiger partial charge in [0, 0.05) is 13.1 Å². The molecule has 19 heavy (non-hydrogen) atoms. The molecule has 1 aromatic carbocycles. The Labute approximate surface area is 108 Å². The van der Waals surface area contributed by atoms with E-state index in [-0.39, 0.29) is 12.6 Å². The summed E-state index contributed by atoms with van der Waals surface area (Å²) in [6.07, 6.45) is -0.658. The first-order valence-corrected chi connectivity index (χ1v) is 5.62. The van der Waals surface area contributed by atoms with Crippen molar-refractivity contribution >= 4 is 12.1 Å². The van der Waals surface area contributed by atoms with E-state index in [0.717, 1.165) is 10.5 Å². The fourth-order valence-electron chi connectivity index (χ4n) is 1.62. The van der Waals surface area contributed by atoms with E-state index in [1.165, 1.54) is 0 Å². The molecule has 8 nitrogen and oxygen atoms in total. The van der Waals surface area contributed by atoms with Gasteiger partial charge in [0.2, 0.25) is 0 Å². The molecule has 1 fully saturated rings. The molecule has 0 saturated carbocycles. The highest BCUT2D eigenvalue weighted by molar-refractivity contribution is 5.95. The summed E-state index contributed by atoms with van der Waals surface area (Å²) in [5.74, 6) is -0.0944. The van der Waals surface area contributed by atoms with Crippen molar-refractivity contribution in [2.24, 2.45) is 5.10 Å². The second-order valence-corrected chi connectivity index (χ2v) is 3.78. The summed E-state index contributed by atoms with van der Waals surface area (Å²) in [6, 6.07) is 9.17. The Kier molecular flexibility index (Phi) is 3.91. The number of benzene rings is 1. The molecule has 2 rings (SSSR count). The molecule has 1 amide bonds. The van der Waals surface area contributed by atoms with E-state index >= 15 is 0 Å². The average Bonchev–Trinajstić information content (AvgIpc) is 2.84. The molecular weight excluding hydrogens is 252 g/mol. The van der Waals surface area contributed by atoms with Gasteiger partial charge in [-0.05, 0) is 5.56 Å². The van der Waals surface area contributed by atoms with E-state index in [1.807, 2.05) is 30.3 Å². The first kappa shape index (κ1) is 12.8. The molecule has 1 aliphatic heterocycles. The Balaban J connectivity index is 1.94. The van der Waals surface area contributed by atoms with Gasteiger partial charge in [0.25, 0.3) is 5.96 Å². The van der Waals surface area contributed by atoms with Crippen molar-refractivity contribution in [3.05, 3.63) is 46.0 Å². The van der Waals surface area contributed by atoms with Crippen LogP contribution in [-0.4, -0.2) is 35.1 Å². The summed E-state index contributed by atoms with van der Waals surface area (Å²) in [4.78, 5) is 23.2. The van der Waals surface area contributed by atoms with Gasteiger partial charge in [-0.25, -0.2) is 19.8 Å². The lowest BCUT2D eigenvalue weighted by molar-refractivity contribution is -0.485. The zero-order chi connectivity index (χ0) is 13.7. The molecule has 100 valence electrons. The van der Waals surface area contributed by atoms with Crippen LogP contribution < -0.4 is 5.32 Å². The van der Waals surface area contributed by atoms with Crippen LogP contribution in [0.15, 0.2) is 35.4 Å². The maximum absolute atomic E-state index is 11.8. The van der Waals surface area contributed by atoms with Crippen molar-refractivity contribution in [2.75, 3.05) is 13.1 Å². The zero-order valence-corrected chi connectivity index (χ0v) is 9.98. The molecule has 1 N–H and O–H groups in total. The van der Waals surface area contributed by atoms with Crippen LogP contribution in [0.3, 0.4) is 0 Å². The molecular formula is C11H12N4O4. The predicted octanol–water partition coefficient (Wildman–Crippen LogP) is 0.776. The summed E-state index contributed by atoms with van der Waals surface area (Å²) < 4.78 is 5.07. The van der Waals surface area contributed by atoms with Gasteiger partial charge in [0.15, 0.2) is 5.03 Å². The Morgan fingerprint density at radius 1 is 1.47 bits per heavy atom. The second-order valence-electron chi connectivity index (χ2n) is 3.78. The predicted molar refractivity (Wildman–Crippen MR) is 65.8 cm³/mol. The Bertz CT molecular complexity index is 503. The lowest BCUT2D eigenvalue weighted by Crippen LogP contribution is -2.36. The van der Waals surface area contributed by atoms with Gasteiger partial charge in [-0.3, -0.25) is 0 Å². The average molecular weight is 264 g/mol. The Morgan fingerprint density at radius 2 is 2.21 bits per heavy atom. The SMILES string of the molecule is O=C(OCc1ccccc1)N1CCN/C1=N/[N+](=O)[O-]. The fraction of sp³-hybridized carbons (Fsp3) is 0.273. The van der Waals surface area contributed by atoms with Crippen molar-refractivity contribution in [3.63, 3.8) is 0 Å². The molecule has 1 aliphatic rings. The van der Waals surface area contributed by atoms with E-state index in [2.05, 4.69) is 10.4 Å². The molecule has 1 saturated heterocycles. The number of amides is 1. The number of hydrogen-bond donors (Lipinski definition) is 1. The van der Waals surface area contributed by atoms with Gasteiger partial charge < -0.3 is 10.1 Å². The highest BCUT2D eigenvalue weighted by atomic mass is 16.7. The summed E-state index contributed by atoms with van der Waals surface area (Å²) in [5, 5.41) is 15.2. The lowest BCUT2D eigenvalue weighted by Gasteiger charge is -2.13. The summed E-state index contributed by atoms with van der Waals surface area (Å²) in [5.41, 5.74) is 0.843. The number of carbonyl (C=O) groups is 1. The topological polar surface area (TPSA) is 97.1 Å². The smallest absolute Gasteiger partial charge is 0.417 e. The summed E-state index contributed by atoms with van der Waals surface area (Å²) in [7, 11) is 0. The lowest BCUT2D eigenvalue weighted by atomic mass is 10.2. The van der Waals surface area contributed by atoms with Crippen molar-refractivity contribution in [2.45, 2.75) is 6.61 Å².